The van der Waals surface area contributed by atoms with Crippen molar-refractivity contribution in [2.75, 3.05) is 0 Å². The molecule has 2 rings (SSSR count). The number of hydrogen-bond acceptors (Lipinski definition) is 2. The summed E-state index contributed by atoms with van der Waals surface area (Å²) in [6, 6.07) is 6.37. The average molecular weight is 232 g/mol. The van der Waals surface area contributed by atoms with Crippen molar-refractivity contribution in [1.29, 1.82) is 0 Å². The van der Waals surface area contributed by atoms with E-state index in [0.29, 0.717) is 12.3 Å². The van der Waals surface area contributed by atoms with Gasteiger partial charge in [-0.05, 0) is 41.9 Å². The first-order valence-corrected chi connectivity index (χ1v) is 6.50. The topological polar surface area (TPSA) is 26.3 Å². The van der Waals surface area contributed by atoms with Gasteiger partial charge in [-0.1, -0.05) is 32.9 Å². The number of fused-ring (bicyclic) bond motifs is 1. The molecule has 0 spiro atoms. The van der Waals surface area contributed by atoms with E-state index in [2.05, 4.69) is 39.0 Å². The van der Waals surface area contributed by atoms with Gasteiger partial charge in [-0.25, -0.2) is 0 Å². The summed E-state index contributed by atoms with van der Waals surface area (Å²) in [6.07, 6.45) is 2.74. The monoisotopic (exact) mass is 232 g/mol. The van der Waals surface area contributed by atoms with Crippen LogP contribution in [0.1, 0.15) is 63.0 Å². The third kappa shape index (κ3) is 2.36. The van der Waals surface area contributed by atoms with Gasteiger partial charge in [-0.2, -0.15) is 0 Å². The molecular formula is C15H20O2. The Morgan fingerprint density at radius 1 is 1.35 bits per heavy atom. The van der Waals surface area contributed by atoms with Gasteiger partial charge in [0.05, 0.1) is 6.42 Å². The Balaban J connectivity index is 2.36. The molecule has 17 heavy (non-hydrogen) atoms. The molecule has 0 aliphatic carbocycles. The van der Waals surface area contributed by atoms with E-state index in [0.717, 1.165) is 18.6 Å². The first-order valence-electron chi connectivity index (χ1n) is 6.50. The SMILES string of the molecule is CCC(CC)c1ccc2c(c1)OC(=O)CC2C. The Kier molecular flexibility index (Phi) is 3.51. The van der Waals surface area contributed by atoms with Gasteiger partial charge in [0.2, 0.25) is 0 Å². The van der Waals surface area contributed by atoms with Crippen molar-refractivity contribution in [2.24, 2.45) is 0 Å². The van der Waals surface area contributed by atoms with Crippen LogP contribution in [0.2, 0.25) is 0 Å². The number of benzene rings is 1. The smallest absolute Gasteiger partial charge is 0.311 e. The molecule has 0 radical (unpaired) electrons. The molecule has 1 aliphatic rings. The van der Waals surface area contributed by atoms with E-state index < -0.39 is 0 Å². The number of carbonyl (C=O) groups is 1. The minimum absolute atomic E-state index is 0.105. The highest BCUT2D eigenvalue weighted by molar-refractivity contribution is 5.76. The summed E-state index contributed by atoms with van der Waals surface area (Å²) in [6.45, 7) is 6.47. The van der Waals surface area contributed by atoms with Crippen LogP contribution in [0.4, 0.5) is 0 Å². The first-order chi connectivity index (χ1) is 8.15. The van der Waals surface area contributed by atoms with Gasteiger partial charge < -0.3 is 4.74 Å². The summed E-state index contributed by atoms with van der Waals surface area (Å²) in [5, 5.41) is 0. The highest BCUT2D eigenvalue weighted by Gasteiger charge is 2.24. The molecule has 2 heteroatoms. The van der Waals surface area contributed by atoms with Gasteiger partial charge in [0.25, 0.3) is 0 Å². The van der Waals surface area contributed by atoms with Crippen molar-refractivity contribution in [3.8, 4) is 5.75 Å². The van der Waals surface area contributed by atoms with Crippen molar-refractivity contribution in [1.82, 2.24) is 0 Å². The van der Waals surface area contributed by atoms with Gasteiger partial charge >= 0.3 is 5.97 Å². The maximum Gasteiger partial charge on any atom is 0.311 e. The van der Waals surface area contributed by atoms with E-state index in [4.69, 9.17) is 4.74 Å². The van der Waals surface area contributed by atoms with Crippen LogP contribution in [0.25, 0.3) is 0 Å². The molecule has 0 saturated heterocycles. The molecule has 1 heterocycles. The third-order valence-electron chi connectivity index (χ3n) is 3.72. The van der Waals surface area contributed by atoms with E-state index in [1.54, 1.807) is 0 Å². The van der Waals surface area contributed by atoms with Crippen molar-refractivity contribution in [2.45, 2.75) is 51.9 Å². The minimum Gasteiger partial charge on any atom is -0.426 e. The average Bonchev–Trinajstić information content (AvgIpc) is 2.30. The zero-order valence-corrected chi connectivity index (χ0v) is 10.8. The van der Waals surface area contributed by atoms with Crippen molar-refractivity contribution < 1.29 is 9.53 Å². The van der Waals surface area contributed by atoms with Gasteiger partial charge in [-0.3, -0.25) is 4.79 Å². The lowest BCUT2D eigenvalue weighted by Gasteiger charge is -2.23. The number of hydrogen-bond donors (Lipinski definition) is 0. The van der Waals surface area contributed by atoms with Crippen molar-refractivity contribution in [3.63, 3.8) is 0 Å². The second kappa shape index (κ2) is 4.91. The molecule has 2 nitrogen and oxygen atoms in total. The fraction of sp³-hybridized carbons (Fsp3) is 0.533. The summed E-state index contributed by atoms with van der Waals surface area (Å²) in [5.74, 6) is 1.52. The largest absolute Gasteiger partial charge is 0.426 e. The summed E-state index contributed by atoms with van der Waals surface area (Å²) in [5.41, 5.74) is 2.45. The molecule has 0 N–H and O–H groups in total. The Bertz CT molecular complexity index is 419. The molecule has 0 amide bonds. The molecule has 1 aromatic carbocycles. The molecule has 1 aliphatic heterocycles. The van der Waals surface area contributed by atoms with Crippen LogP contribution in [0, 0.1) is 0 Å². The molecule has 1 atom stereocenters. The highest BCUT2D eigenvalue weighted by Crippen LogP contribution is 2.36. The number of carbonyl (C=O) groups excluding carboxylic acids is 1. The second-order valence-electron chi connectivity index (χ2n) is 4.89. The predicted molar refractivity (Wildman–Crippen MR) is 68.4 cm³/mol. The summed E-state index contributed by atoms with van der Waals surface area (Å²) < 4.78 is 5.34. The van der Waals surface area contributed by atoms with E-state index in [-0.39, 0.29) is 11.9 Å². The fourth-order valence-electron chi connectivity index (χ4n) is 2.58. The third-order valence-corrected chi connectivity index (χ3v) is 3.72. The molecule has 0 saturated carbocycles. The Labute approximate surface area is 103 Å². The Morgan fingerprint density at radius 3 is 2.71 bits per heavy atom. The second-order valence-corrected chi connectivity index (χ2v) is 4.89. The van der Waals surface area contributed by atoms with Gasteiger partial charge in [0, 0.05) is 0 Å². The molecule has 0 bridgehead atoms. The maximum atomic E-state index is 11.4. The quantitative estimate of drug-likeness (QED) is 0.581. The maximum absolute atomic E-state index is 11.4. The van der Waals surface area contributed by atoms with Crippen LogP contribution in [0.5, 0.6) is 5.75 Å². The lowest BCUT2D eigenvalue weighted by atomic mass is 9.89. The lowest BCUT2D eigenvalue weighted by Crippen LogP contribution is -2.18. The van der Waals surface area contributed by atoms with Crippen molar-refractivity contribution in [3.05, 3.63) is 29.3 Å². The van der Waals surface area contributed by atoms with Crippen LogP contribution in [-0.4, -0.2) is 5.97 Å². The molecular weight excluding hydrogens is 212 g/mol. The van der Waals surface area contributed by atoms with Crippen LogP contribution < -0.4 is 4.74 Å². The molecule has 0 fully saturated rings. The van der Waals surface area contributed by atoms with Gasteiger partial charge in [0.1, 0.15) is 5.75 Å². The van der Waals surface area contributed by atoms with Crippen molar-refractivity contribution >= 4 is 5.97 Å². The van der Waals surface area contributed by atoms with Crippen LogP contribution in [0.3, 0.4) is 0 Å². The zero-order chi connectivity index (χ0) is 12.4. The molecule has 1 aromatic rings. The van der Waals surface area contributed by atoms with E-state index in [1.165, 1.54) is 11.1 Å². The van der Waals surface area contributed by atoms with Crippen LogP contribution in [-0.2, 0) is 4.79 Å². The van der Waals surface area contributed by atoms with E-state index >= 15 is 0 Å². The lowest BCUT2D eigenvalue weighted by molar-refractivity contribution is -0.135. The van der Waals surface area contributed by atoms with E-state index in [9.17, 15) is 4.79 Å². The minimum atomic E-state index is -0.105. The normalized spacial score (nSPS) is 19.1. The molecule has 92 valence electrons. The van der Waals surface area contributed by atoms with Gasteiger partial charge in [-0.15, -0.1) is 0 Å². The summed E-state index contributed by atoms with van der Waals surface area (Å²) >= 11 is 0. The zero-order valence-electron chi connectivity index (χ0n) is 10.8. The number of rotatable bonds is 3. The Morgan fingerprint density at radius 2 is 2.06 bits per heavy atom. The Hall–Kier alpha value is -1.31. The standard InChI is InChI=1S/C15H20O2/c1-4-11(5-2)12-6-7-13-10(3)8-15(16)17-14(13)9-12/h6-7,9-11H,4-5,8H2,1-3H3. The number of ether oxygens (including phenoxy) is 1. The van der Waals surface area contributed by atoms with Crippen LogP contribution in [0.15, 0.2) is 18.2 Å². The van der Waals surface area contributed by atoms with Crippen LogP contribution >= 0.6 is 0 Å². The first kappa shape index (κ1) is 12.2. The highest BCUT2D eigenvalue weighted by atomic mass is 16.5. The van der Waals surface area contributed by atoms with E-state index in [1.807, 2.05) is 0 Å². The molecule has 1 unspecified atom stereocenters. The summed E-state index contributed by atoms with van der Waals surface area (Å²) in [7, 11) is 0. The summed E-state index contributed by atoms with van der Waals surface area (Å²) in [4.78, 5) is 11.4. The number of esters is 1. The predicted octanol–water partition coefficient (Wildman–Crippen LogP) is 4.00. The molecule has 0 aromatic heterocycles. The van der Waals surface area contributed by atoms with Gasteiger partial charge in [0.15, 0.2) is 0 Å². The fourth-order valence-corrected chi connectivity index (χ4v) is 2.58.